The van der Waals surface area contributed by atoms with Crippen molar-refractivity contribution in [2.45, 2.75) is 38.0 Å². The summed E-state index contributed by atoms with van der Waals surface area (Å²) in [6.45, 7) is 0. The van der Waals surface area contributed by atoms with Crippen molar-refractivity contribution in [2.75, 3.05) is 4.90 Å². The van der Waals surface area contributed by atoms with Gasteiger partial charge in [0, 0.05) is 43.8 Å². The van der Waals surface area contributed by atoms with E-state index in [9.17, 15) is 0 Å². The topological polar surface area (TPSA) is 29.5 Å². The Labute approximate surface area is 355 Å². The van der Waals surface area contributed by atoms with E-state index in [2.05, 4.69) is 181 Å². The highest BCUT2D eigenvalue weighted by Crippen LogP contribution is 2.51. The van der Waals surface area contributed by atoms with Crippen LogP contribution < -0.4 is 4.90 Å². The molecular formula is C58H43NO2. The van der Waals surface area contributed by atoms with Gasteiger partial charge in [-0.15, -0.1) is 0 Å². The average molecular weight is 786 g/mol. The fourth-order valence-corrected chi connectivity index (χ4v) is 10.3. The molecule has 0 saturated heterocycles. The number of benzene rings is 9. The molecule has 61 heavy (non-hydrogen) atoms. The number of hydrogen-bond acceptors (Lipinski definition) is 3. The molecule has 2 aromatic heterocycles. The number of para-hydroxylation sites is 6. The molecule has 1 aliphatic carbocycles. The lowest BCUT2D eigenvalue weighted by Crippen LogP contribution is -2.14. The van der Waals surface area contributed by atoms with Crippen molar-refractivity contribution in [3.8, 4) is 33.4 Å². The van der Waals surface area contributed by atoms with E-state index in [4.69, 9.17) is 8.83 Å². The van der Waals surface area contributed by atoms with Gasteiger partial charge in [-0.3, -0.25) is 0 Å². The van der Waals surface area contributed by atoms with Crippen LogP contribution in [0.2, 0.25) is 0 Å². The summed E-state index contributed by atoms with van der Waals surface area (Å²) >= 11 is 0. The van der Waals surface area contributed by atoms with Gasteiger partial charge in [0.15, 0.2) is 0 Å². The van der Waals surface area contributed by atoms with Gasteiger partial charge >= 0.3 is 0 Å². The standard InChI is InChI=1S/C58H43NO2/c1-2-17-38(18-3-1)42-26-14-19-39-20-15-27-48(57(39)42)43-22-5-10-31-52(43)59(51-30-9-4-21-41(51)40-35-36-47-45-24-7-12-33-54(45)60-56(47)37-40)53-32-11-6-23-44(53)49-28-16-29-50-46-25-8-13-34-55(46)61-58(49)50/h4-16,19-38H,1-3,17-18H2. The first kappa shape index (κ1) is 35.6. The zero-order valence-corrected chi connectivity index (χ0v) is 33.9. The maximum Gasteiger partial charge on any atom is 0.143 e. The molecule has 0 aliphatic heterocycles. The Morgan fingerprint density at radius 1 is 0.377 bits per heavy atom. The molecule has 0 unspecified atom stereocenters. The van der Waals surface area contributed by atoms with Crippen molar-refractivity contribution < 1.29 is 8.83 Å². The number of anilines is 3. The lowest BCUT2D eigenvalue weighted by molar-refractivity contribution is 0.445. The molecule has 2 heterocycles. The van der Waals surface area contributed by atoms with Crippen LogP contribution in [-0.2, 0) is 0 Å². The van der Waals surface area contributed by atoms with E-state index in [1.807, 2.05) is 18.2 Å². The van der Waals surface area contributed by atoms with Gasteiger partial charge < -0.3 is 13.7 Å². The Morgan fingerprint density at radius 2 is 0.902 bits per heavy atom. The first-order valence-corrected chi connectivity index (χ1v) is 21.7. The van der Waals surface area contributed by atoms with Crippen LogP contribution in [0.3, 0.4) is 0 Å². The summed E-state index contributed by atoms with van der Waals surface area (Å²) in [5.41, 5.74) is 15.1. The molecule has 3 heteroatoms. The zero-order chi connectivity index (χ0) is 40.3. The fraction of sp³-hybridized carbons (Fsp3) is 0.103. The molecule has 9 aromatic carbocycles. The van der Waals surface area contributed by atoms with Crippen LogP contribution >= 0.6 is 0 Å². The van der Waals surface area contributed by atoms with E-state index in [1.54, 1.807) is 0 Å². The Bertz CT molecular complexity index is 3430. The maximum atomic E-state index is 6.73. The first-order valence-electron chi connectivity index (χ1n) is 21.7. The molecule has 12 rings (SSSR count). The zero-order valence-electron chi connectivity index (χ0n) is 33.9. The molecule has 0 N–H and O–H groups in total. The SMILES string of the molecule is c1ccc(N(c2ccccc2-c2cccc3c2oc2ccccc23)c2ccccc2-c2cccc3cccc(C4CCCCC4)c23)c(-c2ccc3c(c2)oc2ccccc23)c1. The minimum Gasteiger partial charge on any atom is -0.456 e. The van der Waals surface area contributed by atoms with Crippen molar-refractivity contribution in [1.82, 2.24) is 0 Å². The second kappa shape index (κ2) is 14.7. The molecular weight excluding hydrogens is 743 g/mol. The first-order chi connectivity index (χ1) is 30.3. The van der Waals surface area contributed by atoms with E-state index in [0.29, 0.717) is 5.92 Å². The molecule has 1 saturated carbocycles. The highest BCUT2D eigenvalue weighted by atomic mass is 16.3. The van der Waals surface area contributed by atoms with Crippen LogP contribution in [0.15, 0.2) is 203 Å². The number of nitrogens with zero attached hydrogens (tertiary/aromatic N) is 1. The predicted octanol–water partition coefficient (Wildman–Crippen LogP) is 17.2. The molecule has 0 amide bonds. The molecule has 3 nitrogen and oxygen atoms in total. The third kappa shape index (κ3) is 5.95. The molecule has 1 aliphatic rings. The van der Waals surface area contributed by atoms with Gasteiger partial charge in [-0.2, -0.15) is 0 Å². The van der Waals surface area contributed by atoms with Crippen molar-refractivity contribution in [3.05, 3.63) is 200 Å². The molecule has 0 atom stereocenters. The normalized spacial score (nSPS) is 13.5. The van der Waals surface area contributed by atoms with Crippen molar-refractivity contribution in [1.29, 1.82) is 0 Å². The van der Waals surface area contributed by atoms with Crippen LogP contribution in [0.1, 0.15) is 43.6 Å². The number of furan rings is 2. The lowest BCUT2D eigenvalue weighted by atomic mass is 9.80. The Kier molecular flexibility index (Phi) is 8.59. The summed E-state index contributed by atoms with van der Waals surface area (Å²) < 4.78 is 13.2. The van der Waals surface area contributed by atoms with Crippen molar-refractivity contribution in [3.63, 3.8) is 0 Å². The molecule has 0 bridgehead atoms. The number of hydrogen-bond donors (Lipinski definition) is 0. The van der Waals surface area contributed by atoms with Crippen LogP contribution in [0, 0.1) is 0 Å². The third-order valence-electron chi connectivity index (χ3n) is 13.1. The Balaban J connectivity index is 1.13. The fourth-order valence-electron chi connectivity index (χ4n) is 10.3. The van der Waals surface area contributed by atoms with Crippen LogP contribution in [-0.4, -0.2) is 0 Å². The number of fused-ring (bicyclic) bond motifs is 7. The summed E-state index contributed by atoms with van der Waals surface area (Å²) in [7, 11) is 0. The highest BCUT2D eigenvalue weighted by Gasteiger charge is 2.26. The summed E-state index contributed by atoms with van der Waals surface area (Å²) in [5, 5.41) is 7.14. The maximum absolute atomic E-state index is 6.73. The minimum atomic E-state index is 0.556. The van der Waals surface area contributed by atoms with Gasteiger partial charge in [0.05, 0.1) is 17.1 Å². The van der Waals surface area contributed by atoms with E-state index in [-0.39, 0.29) is 0 Å². The molecule has 11 aromatic rings. The van der Waals surface area contributed by atoms with E-state index in [0.717, 1.165) is 83.2 Å². The summed E-state index contributed by atoms with van der Waals surface area (Å²) in [6, 6.07) is 70.3. The second-order valence-electron chi connectivity index (χ2n) is 16.6. The van der Waals surface area contributed by atoms with Crippen LogP contribution in [0.5, 0.6) is 0 Å². The lowest BCUT2D eigenvalue weighted by Gasteiger charge is -2.32. The van der Waals surface area contributed by atoms with Crippen LogP contribution in [0.25, 0.3) is 88.0 Å². The summed E-state index contributed by atoms with van der Waals surface area (Å²) in [6.07, 6.45) is 6.39. The smallest absolute Gasteiger partial charge is 0.143 e. The van der Waals surface area contributed by atoms with Crippen molar-refractivity contribution >= 4 is 71.7 Å². The summed E-state index contributed by atoms with van der Waals surface area (Å²) in [4.78, 5) is 2.49. The number of rotatable bonds is 7. The minimum absolute atomic E-state index is 0.556. The largest absolute Gasteiger partial charge is 0.456 e. The molecule has 1 fully saturated rings. The monoisotopic (exact) mass is 785 g/mol. The van der Waals surface area contributed by atoms with Gasteiger partial charge in [0.2, 0.25) is 0 Å². The molecule has 0 spiro atoms. The van der Waals surface area contributed by atoms with Crippen LogP contribution in [0.4, 0.5) is 17.1 Å². The average Bonchev–Trinajstić information content (AvgIpc) is 3.90. The second-order valence-corrected chi connectivity index (χ2v) is 16.6. The van der Waals surface area contributed by atoms with Gasteiger partial charge in [0.1, 0.15) is 22.3 Å². The van der Waals surface area contributed by atoms with E-state index >= 15 is 0 Å². The quantitative estimate of drug-likeness (QED) is 0.161. The Hall–Kier alpha value is -7.36. The van der Waals surface area contributed by atoms with Gasteiger partial charge in [-0.05, 0) is 88.7 Å². The van der Waals surface area contributed by atoms with E-state index in [1.165, 1.54) is 59.6 Å². The third-order valence-corrected chi connectivity index (χ3v) is 13.1. The highest BCUT2D eigenvalue weighted by molar-refractivity contribution is 6.12. The van der Waals surface area contributed by atoms with Gasteiger partial charge in [0.25, 0.3) is 0 Å². The molecule has 292 valence electrons. The van der Waals surface area contributed by atoms with Gasteiger partial charge in [-0.1, -0.05) is 171 Å². The molecule has 0 radical (unpaired) electrons. The summed E-state index contributed by atoms with van der Waals surface area (Å²) in [5.74, 6) is 0.556. The van der Waals surface area contributed by atoms with Crippen molar-refractivity contribution in [2.24, 2.45) is 0 Å². The Morgan fingerprint density at radius 3 is 1.66 bits per heavy atom. The van der Waals surface area contributed by atoms with Gasteiger partial charge in [-0.25, -0.2) is 0 Å². The predicted molar refractivity (Wildman–Crippen MR) is 255 cm³/mol. The van der Waals surface area contributed by atoms with E-state index < -0.39 is 0 Å².